The molecule has 2 atom stereocenters. The molecule has 0 spiro atoms. The van der Waals surface area contributed by atoms with E-state index >= 15 is 0 Å². The van der Waals surface area contributed by atoms with E-state index in [9.17, 15) is 0 Å². The average molecular weight is 158 g/mol. The SMILES string of the molecule is CC(C)CCC(C)CC(C)O. The molecular formula is C10H22O. The van der Waals surface area contributed by atoms with Gasteiger partial charge in [0.05, 0.1) is 6.10 Å². The largest absolute Gasteiger partial charge is 0.393 e. The molecule has 68 valence electrons. The van der Waals surface area contributed by atoms with Crippen LogP contribution in [0.15, 0.2) is 0 Å². The lowest BCUT2D eigenvalue weighted by atomic mass is 9.95. The Hall–Kier alpha value is -0.0400. The second kappa shape index (κ2) is 5.59. The molecule has 0 aliphatic carbocycles. The van der Waals surface area contributed by atoms with Gasteiger partial charge >= 0.3 is 0 Å². The second-order valence-electron chi connectivity index (χ2n) is 4.16. The molecule has 0 saturated carbocycles. The zero-order chi connectivity index (χ0) is 8.85. The quantitative estimate of drug-likeness (QED) is 0.652. The first kappa shape index (κ1) is 11.0. The van der Waals surface area contributed by atoms with Crippen LogP contribution >= 0.6 is 0 Å². The van der Waals surface area contributed by atoms with Gasteiger partial charge in [-0.1, -0.05) is 33.6 Å². The van der Waals surface area contributed by atoms with Gasteiger partial charge in [-0.05, 0) is 25.2 Å². The fraction of sp³-hybridized carbons (Fsp3) is 1.00. The molecule has 0 amide bonds. The van der Waals surface area contributed by atoms with Crippen LogP contribution in [-0.2, 0) is 0 Å². The van der Waals surface area contributed by atoms with Gasteiger partial charge in [0.25, 0.3) is 0 Å². The monoisotopic (exact) mass is 158 g/mol. The summed E-state index contributed by atoms with van der Waals surface area (Å²) >= 11 is 0. The van der Waals surface area contributed by atoms with E-state index in [2.05, 4.69) is 20.8 Å². The number of hydrogen-bond acceptors (Lipinski definition) is 1. The molecule has 0 aliphatic rings. The van der Waals surface area contributed by atoms with Crippen LogP contribution < -0.4 is 0 Å². The molecule has 1 nitrogen and oxygen atoms in total. The minimum absolute atomic E-state index is 0.128. The van der Waals surface area contributed by atoms with Gasteiger partial charge < -0.3 is 5.11 Å². The number of rotatable bonds is 5. The van der Waals surface area contributed by atoms with Gasteiger partial charge in [0, 0.05) is 0 Å². The van der Waals surface area contributed by atoms with Crippen LogP contribution in [0, 0.1) is 11.8 Å². The summed E-state index contributed by atoms with van der Waals surface area (Å²) in [5.41, 5.74) is 0. The first-order chi connectivity index (χ1) is 5.02. The summed E-state index contributed by atoms with van der Waals surface area (Å²) in [6.07, 6.45) is 3.36. The van der Waals surface area contributed by atoms with Gasteiger partial charge in [-0.2, -0.15) is 0 Å². The highest BCUT2D eigenvalue weighted by Crippen LogP contribution is 2.16. The van der Waals surface area contributed by atoms with Crippen molar-refractivity contribution in [3.8, 4) is 0 Å². The lowest BCUT2D eigenvalue weighted by molar-refractivity contribution is 0.160. The van der Waals surface area contributed by atoms with Crippen molar-refractivity contribution in [2.75, 3.05) is 0 Å². The Bertz CT molecular complexity index is 86.9. The van der Waals surface area contributed by atoms with Gasteiger partial charge in [-0.3, -0.25) is 0 Å². The van der Waals surface area contributed by atoms with Gasteiger partial charge in [-0.15, -0.1) is 0 Å². The van der Waals surface area contributed by atoms with Crippen molar-refractivity contribution in [3.63, 3.8) is 0 Å². The Labute approximate surface area is 70.8 Å². The fourth-order valence-electron chi connectivity index (χ4n) is 1.32. The van der Waals surface area contributed by atoms with Gasteiger partial charge in [0.15, 0.2) is 0 Å². The highest BCUT2D eigenvalue weighted by Gasteiger charge is 2.06. The molecule has 0 aromatic heterocycles. The number of aliphatic hydroxyl groups excluding tert-OH is 1. The van der Waals surface area contributed by atoms with Gasteiger partial charge in [0.1, 0.15) is 0 Å². The van der Waals surface area contributed by atoms with E-state index in [1.54, 1.807) is 0 Å². The van der Waals surface area contributed by atoms with Crippen LogP contribution in [0.1, 0.15) is 47.0 Å². The van der Waals surface area contributed by atoms with Gasteiger partial charge in [0.2, 0.25) is 0 Å². The lowest BCUT2D eigenvalue weighted by Crippen LogP contribution is -2.07. The molecule has 0 aliphatic heterocycles. The van der Waals surface area contributed by atoms with E-state index in [4.69, 9.17) is 5.11 Å². The summed E-state index contributed by atoms with van der Waals surface area (Å²) in [5, 5.41) is 9.09. The molecule has 0 heterocycles. The maximum atomic E-state index is 9.09. The molecule has 11 heavy (non-hydrogen) atoms. The van der Waals surface area contributed by atoms with Crippen LogP contribution in [0.2, 0.25) is 0 Å². The third-order valence-corrected chi connectivity index (χ3v) is 1.98. The number of hydrogen-bond donors (Lipinski definition) is 1. The molecule has 0 radical (unpaired) electrons. The highest BCUT2D eigenvalue weighted by atomic mass is 16.3. The molecule has 1 heteroatoms. The molecule has 0 saturated heterocycles. The Balaban J connectivity index is 3.29. The van der Waals surface area contributed by atoms with Crippen molar-refractivity contribution in [1.82, 2.24) is 0 Å². The standard InChI is InChI=1S/C10H22O/c1-8(2)5-6-9(3)7-10(4)11/h8-11H,5-7H2,1-4H3. The van der Waals surface area contributed by atoms with Crippen molar-refractivity contribution in [3.05, 3.63) is 0 Å². The summed E-state index contributed by atoms with van der Waals surface area (Å²) in [4.78, 5) is 0. The Kier molecular flexibility index (Phi) is 5.57. The second-order valence-corrected chi connectivity index (χ2v) is 4.16. The zero-order valence-electron chi connectivity index (χ0n) is 8.30. The van der Waals surface area contributed by atoms with Gasteiger partial charge in [-0.25, -0.2) is 0 Å². The molecule has 0 aromatic carbocycles. The predicted molar refractivity (Wildman–Crippen MR) is 49.5 cm³/mol. The minimum atomic E-state index is -0.128. The van der Waals surface area contributed by atoms with Crippen LogP contribution in [0.3, 0.4) is 0 Å². The first-order valence-corrected chi connectivity index (χ1v) is 4.70. The maximum Gasteiger partial charge on any atom is 0.0514 e. The maximum absolute atomic E-state index is 9.09. The zero-order valence-corrected chi connectivity index (χ0v) is 8.30. The van der Waals surface area contributed by atoms with Crippen molar-refractivity contribution >= 4 is 0 Å². The van der Waals surface area contributed by atoms with Crippen LogP contribution in [0.5, 0.6) is 0 Å². The fourth-order valence-corrected chi connectivity index (χ4v) is 1.32. The molecule has 0 aromatic rings. The van der Waals surface area contributed by atoms with Crippen molar-refractivity contribution in [2.24, 2.45) is 11.8 Å². The molecule has 0 fully saturated rings. The molecule has 0 rings (SSSR count). The van der Waals surface area contributed by atoms with E-state index in [0.717, 1.165) is 12.3 Å². The summed E-state index contributed by atoms with van der Waals surface area (Å²) in [6, 6.07) is 0. The Morgan fingerprint density at radius 3 is 1.91 bits per heavy atom. The van der Waals surface area contributed by atoms with E-state index in [1.165, 1.54) is 12.8 Å². The molecular weight excluding hydrogens is 136 g/mol. The van der Waals surface area contributed by atoms with E-state index < -0.39 is 0 Å². The van der Waals surface area contributed by atoms with E-state index in [1.807, 2.05) is 6.92 Å². The molecule has 1 N–H and O–H groups in total. The van der Waals surface area contributed by atoms with Crippen LogP contribution in [-0.4, -0.2) is 11.2 Å². The Morgan fingerprint density at radius 1 is 1.00 bits per heavy atom. The molecule has 0 bridgehead atoms. The first-order valence-electron chi connectivity index (χ1n) is 4.70. The summed E-state index contributed by atoms with van der Waals surface area (Å²) < 4.78 is 0. The lowest BCUT2D eigenvalue weighted by Gasteiger charge is -2.13. The van der Waals surface area contributed by atoms with Crippen LogP contribution in [0.25, 0.3) is 0 Å². The minimum Gasteiger partial charge on any atom is -0.393 e. The third-order valence-electron chi connectivity index (χ3n) is 1.98. The summed E-state index contributed by atoms with van der Waals surface area (Å²) in [5.74, 6) is 1.48. The summed E-state index contributed by atoms with van der Waals surface area (Å²) in [6.45, 7) is 8.57. The average Bonchev–Trinajstić information content (AvgIpc) is 1.82. The predicted octanol–water partition coefficient (Wildman–Crippen LogP) is 2.83. The van der Waals surface area contributed by atoms with Crippen LogP contribution in [0.4, 0.5) is 0 Å². The smallest absolute Gasteiger partial charge is 0.0514 e. The Morgan fingerprint density at radius 2 is 1.55 bits per heavy atom. The summed E-state index contributed by atoms with van der Waals surface area (Å²) in [7, 11) is 0. The van der Waals surface area contributed by atoms with Crippen molar-refractivity contribution < 1.29 is 5.11 Å². The topological polar surface area (TPSA) is 20.2 Å². The van der Waals surface area contributed by atoms with E-state index in [-0.39, 0.29) is 6.10 Å². The van der Waals surface area contributed by atoms with Crippen molar-refractivity contribution in [2.45, 2.75) is 53.1 Å². The normalized spacial score (nSPS) is 16.9. The van der Waals surface area contributed by atoms with E-state index in [0.29, 0.717) is 5.92 Å². The number of aliphatic hydroxyl groups is 1. The molecule has 2 unspecified atom stereocenters. The van der Waals surface area contributed by atoms with Crippen molar-refractivity contribution in [1.29, 1.82) is 0 Å². The third kappa shape index (κ3) is 7.86. The highest BCUT2D eigenvalue weighted by molar-refractivity contribution is 4.58.